The molecule has 1 aliphatic rings. The van der Waals surface area contributed by atoms with Gasteiger partial charge in [-0.3, -0.25) is 9.78 Å². The summed E-state index contributed by atoms with van der Waals surface area (Å²) >= 11 is 0. The van der Waals surface area contributed by atoms with Gasteiger partial charge in [-0.25, -0.2) is 4.39 Å². The number of nitrogens with zero attached hydrogens (tertiary/aromatic N) is 1. The first-order valence-corrected chi connectivity index (χ1v) is 9.17. The van der Waals surface area contributed by atoms with Crippen LogP contribution in [0.15, 0.2) is 54.6 Å². The number of rotatable bonds is 3. The number of fused-ring (bicyclic) bond motifs is 1. The van der Waals surface area contributed by atoms with Crippen LogP contribution in [0.4, 0.5) is 10.1 Å². The fourth-order valence-corrected chi connectivity index (χ4v) is 3.71. The van der Waals surface area contributed by atoms with E-state index >= 15 is 0 Å². The second-order valence-corrected chi connectivity index (χ2v) is 6.91. The van der Waals surface area contributed by atoms with E-state index in [9.17, 15) is 9.18 Å². The van der Waals surface area contributed by atoms with Crippen LogP contribution in [-0.2, 0) is 0 Å². The van der Waals surface area contributed by atoms with Crippen molar-refractivity contribution in [2.24, 2.45) is 0 Å². The molecule has 3 aromatic rings. The second-order valence-electron chi connectivity index (χ2n) is 6.91. The Balaban J connectivity index is 1.71. The van der Waals surface area contributed by atoms with Gasteiger partial charge >= 0.3 is 0 Å². The molecule has 1 saturated carbocycles. The van der Waals surface area contributed by atoms with E-state index in [0.29, 0.717) is 11.5 Å². The standard InChI is InChI=1S/C22H21FN2O/c23-18-12-10-16(11-13-18)22(26)25-20-14-17-8-4-5-9-19(17)24-21(20)15-6-2-1-3-7-15/h4-5,8-15H,1-3,6-7H2,(H,25,26). The zero-order valence-electron chi connectivity index (χ0n) is 14.5. The normalized spacial score (nSPS) is 15.1. The highest BCUT2D eigenvalue weighted by atomic mass is 19.1. The van der Waals surface area contributed by atoms with Crippen LogP contribution in [0.25, 0.3) is 10.9 Å². The van der Waals surface area contributed by atoms with Crippen LogP contribution in [0.2, 0.25) is 0 Å². The number of carbonyl (C=O) groups is 1. The average molecular weight is 348 g/mol. The van der Waals surface area contributed by atoms with Crippen LogP contribution < -0.4 is 5.32 Å². The largest absolute Gasteiger partial charge is 0.320 e. The Morgan fingerprint density at radius 1 is 1.00 bits per heavy atom. The molecule has 0 radical (unpaired) electrons. The fourth-order valence-electron chi connectivity index (χ4n) is 3.71. The molecule has 1 fully saturated rings. The summed E-state index contributed by atoms with van der Waals surface area (Å²) in [6.45, 7) is 0. The summed E-state index contributed by atoms with van der Waals surface area (Å²) in [5, 5.41) is 4.01. The average Bonchev–Trinajstić information content (AvgIpc) is 2.68. The lowest BCUT2D eigenvalue weighted by molar-refractivity contribution is 0.102. The Morgan fingerprint density at radius 2 is 1.73 bits per heavy atom. The number of anilines is 1. The summed E-state index contributed by atoms with van der Waals surface area (Å²) in [6, 6.07) is 15.6. The topological polar surface area (TPSA) is 42.0 Å². The van der Waals surface area contributed by atoms with Crippen molar-refractivity contribution in [2.45, 2.75) is 38.0 Å². The van der Waals surface area contributed by atoms with Crippen molar-refractivity contribution in [2.75, 3.05) is 5.32 Å². The highest BCUT2D eigenvalue weighted by Crippen LogP contribution is 2.36. The number of aromatic nitrogens is 1. The first-order chi connectivity index (χ1) is 12.7. The Bertz CT molecular complexity index is 931. The van der Waals surface area contributed by atoms with Crippen LogP contribution in [0.1, 0.15) is 54.1 Å². The highest BCUT2D eigenvalue weighted by Gasteiger charge is 2.22. The zero-order chi connectivity index (χ0) is 17.9. The number of pyridine rings is 1. The molecule has 1 amide bonds. The molecule has 26 heavy (non-hydrogen) atoms. The Hall–Kier alpha value is -2.75. The van der Waals surface area contributed by atoms with Crippen LogP contribution in [0.5, 0.6) is 0 Å². The summed E-state index contributed by atoms with van der Waals surface area (Å²) in [4.78, 5) is 17.5. The first kappa shape index (κ1) is 16.7. The molecular formula is C22H21FN2O. The molecule has 0 spiro atoms. The molecule has 0 unspecified atom stereocenters. The minimum Gasteiger partial charge on any atom is -0.320 e. The van der Waals surface area contributed by atoms with Crippen molar-refractivity contribution in [3.05, 3.63) is 71.7 Å². The van der Waals surface area contributed by atoms with Crippen LogP contribution in [0.3, 0.4) is 0 Å². The van der Waals surface area contributed by atoms with Crippen molar-refractivity contribution in [3.8, 4) is 0 Å². The summed E-state index contributed by atoms with van der Waals surface area (Å²) < 4.78 is 13.1. The molecule has 0 aliphatic heterocycles. The number of hydrogen-bond donors (Lipinski definition) is 1. The predicted molar refractivity (Wildman–Crippen MR) is 102 cm³/mol. The van der Waals surface area contributed by atoms with Gasteiger partial charge < -0.3 is 5.32 Å². The van der Waals surface area contributed by atoms with Crippen LogP contribution >= 0.6 is 0 Å². The monoisotopic (exact) mass is 348 g/mol. The van der Waals surface area contributed by atoms with Crippen LogP contribution in [-0.4, -0.2) is 10.9 Å². The first-order valence-electron chi connectivity index (χ1n) is 9.17. The van der Waals surface area contributed by atoms with Gasteiger partial charge in [-0.15, -0.1) is 0 Å². The molecule has 4 heteroatoms. The Labute approximate surface area is 152 Å². The molecule has 2 aromatic carbocycles. The number of nitrogens with one attached hydrogen (secondary N) is 1. The Morgan fingerprint density at radius 3 is 2.50 bits per heavy atom. The van der Waals surface area contributed by atoms with E-state index in [1.165, 1.54) is 43.5 Å². The molecule has 4 rings (SSSR count). The highest BCUT2D eigenvalue weighted by molar-refractivity contribution is 6.05. The van der Waals surface area contributed by atoms with Gasteiger partial charge in [0.25, 0.3) is 5.91 Å². The second kappa shape index (κ2) is 7.24. The fraction of sp³-hybridized carbons (Fsp3) is 0.273. The molecule has 1 N–H and O–H groups in total. The van der Waals surface area contributed by atoms with E-state index in [0.717, 1.165) is 35.1 Å². The lowest BCUT2D eigenvalue weighted by Crippen LogP contribution is -2.16. The third kappa shape index (κ3) is 3.45. The van der Waals surface area contributed by atoms with Gasteiger partial charge in [-0.1, -0.05) is 37.5 Å². The molecule has 0 atom stereocenters. The third-order valence-corrected chi connectivity index (χ3v) is 5.10. The number of benzene rings is 2. The Kier molecular flexibility index (Phi) is 4.65. The molecule has 0 bridgehead atoms. The number of hydrogen-bond acceptors (Lipinski definition) is 2. The quantitative estimate of drug-likeness (QED) is 0.662. The molecule has 1 heterocycles. The van der Waals surface area contributed by atoms with Gasteiger partial charge in [-0.05, 0) is 49.2 Å². The summed E-state index contributed by atoms with van der Waals surface area (Å²) in [5.74, 6) is -0.215. The van der Waals surface area contributed by atoms with Gasteiger partial charge in [0.2, 0.25) is 0 Å². The van der Waals surface area contributed by atoms with E-state index in [1.54, 1.807) is 0 Å². The van der Waals surface area contributed by atoms with Crippen molar-refractivity contribution in [1.29, 1.82) is 0 Å². The van der Waals surface area contributed by atoms with Crippen molar-refractivity contribution in [1.82, 2.24) is 4.98 Å². The van der Waals surface area contributed by atoms with E-state index in [-0.39, 0.29) is 11.7 Å². The van der Waals surface area contributed by atoms with Gasteiger partial charge in [0, 0.05) is 16.9 Å². The number of amides is 1. The molecule has 0 saturated heterocycles. The van der Waals surface area contributed by atoms with Crippen molar-refractivity contribution in [3.63, 3.8) is 0 Å². The van der Waals surface area contributed by atoms with Gasteiger partial charge in [0.05, 0.1) is 16.9 Å². The molecular weight excluding hydrogens is 327 g/mol. The van der Waals surface area contributed by atoms with Gasteiger partial charge in [0.1, 0.15) is 5.82 Å². The van der Waals surface area contributed by atoms with Crippen molar-refractivity contribution >= 4 is 22.5 Å². The minimum absolute atomic E-state index is 0.237. The molecule has 3 nitrogen and oxygen atoms in total. The van der Waals surface area contributed by atoms with Crippen molar-refractivity contribution < 1.29 is 9.18 Å². The van der Waals surface area contributed by atoms with E-state index in [4.69, 9.17) is 4.98 Å². The minimum atomic E-state index is -0.350. The van der Waals surface area contributed by atoms with Gasteiger partial charge in [0.15, 0.2) is 0 Å². The maximum atomic E-state index is 13.1. The zero-order valence-corrected chi connectivity index (χ0v) is 14.5. The SMILES string of the molecule is O=C(Nc1cc2ccccc2nc1C1CCCCC1)c1ccc(F)cc1. The number of carbonyl (C=O) groups excluding carboxylic acids is 1. The van der Waals surface area contributed by atoms with Crippen LogP contribution in [0, 0.1) is 5.82 Å². The van der Waals surface area contributed by atoms with E-state index in [2.05, 4.69) is 5.32 Å². The van der Waals surface area contributed by atoms with Gasteiger partial charge in [-0.2, -0.15) is 0 Å². The molecule has 1 aromatic heterocycles. The summed E-state index contributed by atoms with van der Waals surface area (Å²) in [5.41, 5.74) is 3.13. The summed E-state index contributed by atoms with van der Waals surface area (Å²) in [6.07, 6.45) is 5.87. The molecule has 132 valence electrons. The summed E-state index contributed by atoms with van der Waals surface area (Å²) in [7, 11) is 0. The smallest absolute Gasteiger partial charge is 0.255 e. The van der Waals surface area contributed by atoms with E-state index in [1.807, 2.05) is 30.3 Å². The lowest BCUT2D eigenvalue weighted by Gasteiger charge is -2.24. The molecule has 1 aliphatic carbocycles. The lowest BCUT2D eigenvalue weighted by atomic mass is 9.85. The third-order valence-electron chi connectivity index (χ3n) is 5.10. The number of para-hydroxylation sites is 1. The maximum absolute atomic E-state index is 13.1. The number of halogens is 1. The van der Waals surface area contributed by atoms with E-state index < -0.39 is 0 Å². The predicted octanol–water partition coefficient (Wildman–Crippen LogP) is 5.67. The maximum Gasteiger partial charge on any atom is 0.255 e.